The Morgan fingerprint density at radius 3 is 2.70 bits per heavy atom. The molecule has 4 heteroatoms. The van der Waals surface area contributed by atoms with Crippen LogP contribution in [0.2, 0.25) is 0 Å². The summed E-state index contributed by atoms with van der Waals surface area (Å²) in [7, 11) is 3.91. The van der Waals surface area contributed by atoms with E-state index >= 15 is 0 Å². The number of nitrogens with one attached hydrogen (secondary N) is 1. The molecule has 1 unspecified atom stereocenters. The van der Waals surface area contributed by atoms with E-state index in [1.165, 1.54) is 0 Å². The molecule has 0 aliphatic rings. The Hall–Kier alpha value is -2.36. The molecule has 1 heterocycles. The van der Waals surface area contributed by atoms with E-state index in [4.69, 9.17) is 0 Å². The summed E-state index contributed by atoms with van der Waals surface area (Å²) in [5.74, 6) is -0.0787. The van der Waals surface area contributed by atoms with Crippen LogP contribution in [-0.2, 0) is 0 Å². The quantitative estimate of drug-likeness (QED) is 0.928. The first kappa shape index (κ1) is 14.1. The van der Waals surface area contributed by atoms with Crippen molar-refractivity contribution in [1.82, 2.24) is 10.3 Å². The summed E-state index contributed by atoms with van der Waals surface area (Å²) in [5, 5.41) is 2.98. The maximum atomic E-state index is 12.3. The predicted molar refractivity (Wildman–Crippen MR) is 80.9 cm³/mol. The first-order valence-corrected chi connectivity index (χ1v) is 6.56. The van der Waals surface area contributed by atoms with Crippen LogP contribution in [0.1, 0.15) is 28.9 Å². The summed E-state index contributed by atoms with van der Waals surface area (Å²) >= 11 is 0. The number of hydrogen-bond donors (Lipinski definition) is 1. The second-order valence-corrected chi connectivity index (χ2v) is 4.93. The molecular formula is C16H19N3O. The number of nitrogens with zero attached hydrogens (tertiary/aromatic N) is 2. The Labute approximate surface area is 119 Å². The highest BCUT2D eigenvalue weighted by molar-refractivity contribution is 5.95. The third-order valence-electron chi connectivity index (χ3n) is 3.16. The number of rotatable bonds is 4. The number of hydrogen-bond acceptors (Lipinski definition) is 3. The molecule has 2 rings (SSSR count). The average molecular weight is 269 g/mol. The van der Waals surface area contributed by atoms with Gasteiger partial charge >= 0.3 is 0 Å². The smallest absolute Gasteiger partial charge is 0.251 e. The molecule has 104 valence electrons. The molecule has 1 N–H and O–H groups in total. The van der Waals surface area contributed by atoms with Gasteiger partial charge in [-0.1, -0.05) is 12.1 Å². The topological polar surface area (TPSA) is 45.2 Å². The van der Waals surface area contributed by atoms with Gasteiger partial charge < -0.3 is 10.2 Å². The minimum atomic E-state index is -0.0787. The monoisotopic (exact) mass is 269 g/mol. The van der Waals surface area contributed by atoms with Crippen molar-refractivity contribution in [2.75, 3.05) is 19.0 Å². The highest BCUT2D eigenvalue weighted by Gasteiger charge is 2.12. The second kappa shape index (κ2) is 6.19. The molecule has 0 saturated heterocycles. The van der Waals surface area contributed by atoms with E-state index in [9.17, 15) is 4.79 Å². The fourth-order valence-corrected chi connectivity index (χ4v) is 1.92. The zero-order valence-electron chi connectivity index (χ0n) is 12.0. The molecule has 0 aliphatic heterocycles. The molecule has 1 amide bonds. The second-order valence-electron chi connectivity index (χ2n) is 4.93. The van der Waals surface area contributed by atoms with E-state index in [0.29, 0.717) is 5.56 Å². The van der Waals surface area contributed by atoms with Crippen LogP contribution in [0.15, 0.2) is 48.8 Å². The largest absolute Gasteiger partial charge is 0.378 e. The Balaban J connectivity index is 2.10. The summed E-state index contributed by atoms with van der Waals surface area (Å²) in [6, 6.07) is 11.3. The molecule has 2 aromatic rings. The van der Waals surface area contributed by atoms with Crippen LogP contribution in [0.4, 0.5) is 5.69 Å². The number of amides is 1. The normalized spacial score (nSPS) is 11.8. The molecule has 1 aromatic carbocycles. The van der Waals surface area contributed by atoms with Gasteiger partial charge in [-0.15, -0.1) is 0 Å². The molecule has 0 saturated carbocycles. The van der Waals surface area contributed by atoms with Gasteiger partial charge in [0.2, 0.25) is 0 Å². The number of aromatic nitrogens is 1. The summed E-state index contributed by atoms with van der Waals surface area (Å²) in [6.07, 6.45) is 3.49. The van der Waals surface area contributed by atoms with E-state index in [1.54, 1.807) is 12.4 Å². The van der Waals surface area contributed by atoms with Gasteiger partial charge in [-0.2, -0.15) is 0 Å². The Morgan fingerprint density at radius 2 is 2.05 bits per heavy atom. The van der Waals surface area contributed by atoms with E-state index < -0.39 is 0 Å². The van der Waals surface area contributed by atoms with Crippen LogP contribution in [0.3, 0.4) is 0 Å². The molecule has 0 radical (unpaired) electrons. The van der Waals surface area contributed by atoms with Gasteiger partial charge in [0.05, 0.1) is 6.04 Å². The first-order chi connectivity index (χ1) is 9.58. The van der Waals surface area contributed by atoms with Crippen molar-refractivity contribution < 1.29 is 4.79 Å². The van der Waals surface area contributed by atoms with Gasteiger partial charge in [0, 0.05) is 37.7 Å². The third kappa shape index (κ3) is 3.35. The molecule has 20 heavy (non-hydrogen) atoms. The molecule has 0 aliphatic carbocycles. The van der Waals surface area contributed by atoms with Crippen LogP contribution in [0, 0.1) is 0 Å². The lowest BCUT2D eigenvalue weighted by Crippen LogP contribution is -2.26. The van der Waals surface area contributed by atoms with Crippen LogP contribution >= 0.6 is 0 Å². The summed E-state index contributed by atoms with van der Waals surface area (Å²) in [5.41, 5.74) is 2.66. The molecule has 4 nitrogen and oxygen atoms in total. The van der Waals surface area contributed by atoms with Gasteiger partial charge in [-0.05, 0) is 36.8 Å². The van der Waals surface area contributed by atoms with Gasteiger partial charge in [-0.25, -0.2) is 0 Å². The predicted octanol–water partition coefficient (Wildman–Crippen LogP) is 2.64. The molecule has 1 aromatic heterocycles. The average Bonchev–Trinajstić information content (AvgIpc) is 2.48. The lowest BCUT2D eigenvalue weighted by molar-refractivity contribution is 0.0940. The van der Waals surface area contributed by atoms with Crippen molar-refractivity contribution in [3.63, 3.8) is 0 Å². The number of anilines is 1. The molecule has 0 spiro atoms. The van der Waals surface area contributed by atoms with E-state index in [2.05, 4.69) is 10.3 Å². The van der Waals surface area contributed by atoms with Crippen LogP contribution in [-0.4, -0.2) is 25.0 Å². The number of carbonyl (C=O) groups is 1. The van der Waals surface area contributed by atoms with Crippen molar-refractivity contribution in [1.29, 1.82) is 0 Å². The van der Waals surface area contributed by atoms with Gasteiger partial charge in [0.25, 0.3) is 5.91 Å². The fraction of sp³-hybridized carbons (Fsp3) is 0.250. The van der Waals surface area contributed by atoms with E-state index in [0.717, 1.165) is 11.3 Å². The Morgan fingerprint density at radius 1 is 1.25 bits per heavy atom. The van der Waals surface area contributed by atoms with Crippen LogP contribution < -0.4 is 10.2 Å². The van der Waals surface area contributed by atoms with E-state index in [-0.39, 0.29) is 11.9 Å². The third-order valence-corrected chi connectivity index (χ3v) is 3.16. The molecule has 0 bridgehead atoms. The Bertz CT molecular complexity index is 581. The van der Waals surface area contributed by atoms with Gasteiger partial charge in [0.15, 0.2) is 0 Å². The van der Waals surface area contributed by atoms with Gasteiger partial charge in [0.1, 0.15) is 0 Å². The zero-order valence-corrected chi connectivity index (χ0v) is 12.0. The lowest BCUT2D eigenvalue weighted by Gasteiger charge is -2.16. The van der Waals surface area contributed by atoms with Crippen molar-refractivity contribution in [2.45, 2.75) is 13.0 Å². The van der Waals surface area contributed by atoms with Gasteiger partial charge in [-0.3, -0.25) is 9.78 Å². The summed E-state index contributed by atoms with van der Waals surface area (Å²) in [6.45, 7) is 1.95. The first-order valence-electron chi connectivity index (χ1n) is 6.56. The maximum Gasteiger partial charge on any atom is 0.251 e. The summed E-state index contributed by atoms with van der Waals surface area (Å²) in [4.78, 5) is 18.3. The van der Waals surface area contributed by atoms with Crippen molar-refractivity contribution in [3.8, 4) is 0 Å². The SMILES string of the molecule is CC(NC(=O)c1cccc(N(C)C)c1)c1cccnc1. The van der Waals surface area contributed by atoms with Crippen molar-refractivity contribution in [3.05, 3.63) is 59.9 Å². The zero-order chi connectivity index (χ0) is 14.5. The van der Waals surface area contributed by atoms with Crippen LogP contribution in [0.5, 0.6) is 0 Å². The lowest BCUT2D eigenvalue weighted by atomic mass is 10.1. The number of benzene rings is 1. The Kier molecular flexibility index (Phi) is 4.35. The fourth-order valence-electron chi connectivity index (χ4n) is 1.92. The van der Waals surface area contributed by atoms with Crippen molar-refractivity contribution in [2.24, 2.45) is 0 Å². The highest BCUT2D eigenvalue weighted by Crippen LogP contribution is 2.15. The highest BCUT2D eigenvalue weighted by atomic mass is 16.1. The molecule has 1 atom stereocenters. The number of pyridine rings is 1. The minimum Gasteiger partial charge on any atom is -0.378 e. The van der Waals surface area contributed by atoms with Crippen LogP contribution in [0.25, 0.3) is 0 Å². The molecular weight excluding hydrogens is 250 g/mol. The molecule has 0 fully saturated rings. The van der Waals surface area contributed by atoms with Crippen molar-refractivity contribution >= 4 is 11.6 Å². The number of carbonyl (C=O) groups excluding carboxylic acids is 1. The maximum absolute atomic E-state index is 12.3. The summed E-state index contributed by atoms with van der Waals surface area (Å²) < 4.78 is 0. The van der Waals surface area contributed by atoms with E-state index in [1.807, 2.05) is 62.3 Å². The standard InChI is InChI=1S/C16H19N3O/c1-12(14-7-5-9-17-11-14)18-16(20)13-6-4-8-15(10-13)19(2)3/h4-12H,1-3H3,(H,18,20). The minimum absolute atomic E-state index is 0.0702.